The summed E-state index contributed by atoms with van der Waals surface area (Å²) in [7, 11) is -2.94. The van der Waals surface area contributed by atoms with Gasteiger partial charge in [0.05, 0.1) is 23.9 Å². The van der Waals surface area contributed by atoms with Crippen LogP contribution in [-0.2, 0) is 21.9 Å². The minimum atomic E-state index is -2.94. The first-order chi connectivity index (χ1) is 11.9. The summed E-state index contributed by atoms with van der Waals surface area (Å²) in [5.41, 5.74) is 1.86. The van der Waals surface area contributed by atoms with Crippen molar-refractivity contribution in [3.63, 3.8) is 0 Å². The van der Waals surface area contributed by atoms with Crippen molar-refractivity contribution in [1.82, 2.24) is 0 Å². The third-order valence-corrected chi connectivity index (χ3v) is 6.52. The van der Waals surface area contributed by atoms with Crippen molar-refractivity contribution in [1.29, 1.82) is 0 Å². The van der Waals surface area contributed by atoms with E-state index in [1.807, 2.05) is 36.4 Å². The van der Waals surface area contributed by atoms with E-state index in [9.17, 15) is 9.67 Å². The van der Waals surface area contributed by atoms with Crippen LogP contribution < -0.4 is 4.74 Å². The third kappa shape index (κ3) is 6.48. The highest BCUT2D eigenvalue weighted by molar-refractivity contribution is 7.58. The van der Waals surface area contributed by atoms with Gasteiger partial charge in [-0.1, -0.05) is 48.0 Å². The average molecular weight is 383 g/mol. The van der Waals surface area contributed by atoms with Gasteiger partial charge in [0.1, 0.15) is 12.4 Å². The van der Waals surface area contributed by atoms with Crippen LogP contribution in [0.3, 0.4) is 0 Å². The molecule has 0 aliphatic heterocycles. The van der Waals surface area contributed by atoms with Crippen molar-refractivity contribution in [3.05, 3.63) is 64.7 Å². The van der Waals surface area contributed by atoms with E-state index in [-0.39, 0.29) is 12.3 Å². The van der Waals surface area contributed by atoms with Gasteiger partial charge < -0.3 is 14.4 Å². The van der Waals surface area contributed by atoms with Gasteiger partial charge in [-0.15, -0.1) is 0 Å². The molecule has 136 valence electrons. The zero-order chi connectivity index (χ0) is 18.3. The number of aliphatic hydroxyl groups is 1. The fourth-order valence-electron chi connectivity index (χ4n) is 2.57. The molecule has 4 nitrogen and oxygen atoms in total. The Morgan fingerprint density at radius 1 is 1.16 bits per heavy atom. The minimum Gasteiger partial charge on any atom is -0.487 e. The summed E-state index contributed by atoms with van der Waals surface area (Å²) in [5, 5.41) is 10.0. The lowest BCUT2D eigenvalue weighted by molar-refractivity contribution is 0.210. The van der Waals surface area contributed by atoms with E-state index in [4.69, 9.17) is 20.9 Å². The van der Waals surface area contributed by atoms with E-state index in [0.29, 0.717) is 24.0 Å². The SMILES string of the molecule is CCOP(=O)(Cc1ccc(OCc2ccccc2)c(Cl)c1)C[C@@H](C)O. The fraction of sp³-hybridized carbons (Fsp3) is 0.368. The predicted octanol–water partition coefficient (Wildman–Crippen LogP) is 5.11. The molecule has 0 heterocycles. The second-order valence-electron chi connectivity index (χ2n) is 5.96. The molecule has 2 rings (SSSR count). The predicted molar refractivity (Wildman–Crippen MR) is 102 cm³/mol. The first-order valence-corrected chi connectivity index (χ1v) is 10.6. The van der Waals surface area contributed by atoms with Gasteiger partial charge >= 0.3 is 0 Å². The molecule has 2 atom stereocenters. The molecule has 0 amide bonds. The lowest BCUT2D eigenvalue weighted by Gasteiger charge is -2.20. The second-order valence-corrected chi connectivity index (χ2v) is 8.94. The van der Waals surface area contributed by atoms with E-state index in [1.54, 1.807) is 26.0 Å². The summed E-state index contributed by atoms with van der Waals surface area (Å²) in [5.74, 6) is 0.580. The molecule has 1 unspecified atom stereocenters. The Hall–Kier alpha value is -1.32. The van der Waals surface area contributed by atoms with Crippen LogP contribution >= 0.6 is 19.0 Å². The van der Waals surface area contributed by atoms with Crippen LogP contribution in [0.2, 0.25) is 5.02 Å². The molecule has 0 aliphatic carbocycles. The van der Waals surface area contributed by atoms with Crippen molar-refractivity contribution in [2.24, 2.45) is 0 Å². The number of hydrogen-bond donors (Lipinski definition) is 1. The molecule has 6 heteroatoms. The van der Waals surface area contributed by atoms with Crippen LogP contribution in [0.5, 0.6) is 5.75 Å². The molecule has 1 N–H and O–H groups in total. The van der Waals surface area contributed by atoms with Crippen molar-refractivity contribution in [2.75, 3.05) is 12.8 Å². The van der Waals surface area contributed by atoms with Gasteiger partial charge in [-0.2, -0.15) is 0 Å². The van der Waals surface area contributed by atoms with E-state index in [0.717, 1.165) is 11.1 Å². The van der Waals surface area contributed by atoms with Crippen LogP contribution in [0.1, 0.15) is 25.0 Å². The maximum atomic E-state index is 12.8. The molecule has 0 radical (unpaired) electrons. The minimum absolute atomic E-state index is 0.130. The molecule has 0 saturated carbocycles. The molecule has 0 aromatic heterocycles. The van der Waals surface area contributed by atoms with E-state index >= 15 is 0 Å². The molecule has 0 saturated heterocycles. The smallest absolute Gasteiger partial charge is 0.209 e. The summed E-state index contributed by atoms with van der Waals surface area (Å²) < 4.78 is 24.0. The molecule has 0 bridgehead atoms. The Kier molecular flexibility index (Phi) is 7.52. The summed E-state index contributed by atoms with van der Waals surface area (Å²) in [6.07, 6.45) is -0.309. The Bertz CT molecular complexity index is 719. The number of ether oxygens (including phenoxy) is 1. The molecule has 2 aromatic carbocycles. The zero-order valence-corrected chi connectivity index (χ0v) is 16.2. The summed E-state index contributed by atoms with van der Waals surface area (Å²) in [6.45, 7) is 4.18. The molecule has 25 heavy (non-hydrogen) atoms. The van der Waals surface area contributed by atoms with E-state index < -0.39 is 13.5 Å². The second kappa shape index (κ2) is 9.40. The highest BCUT2D eigenvalue weighted by Gasteiger charge is 2.25. The van der Waals surface area contributed by atoms with Crippen molar-refractivity contribution < 1.29 is 18.9 Å². The molecule has 0 aliphatic rings. The molecule has 0 spiro atoms. The quantitative estimate of drug-likeness (QED) is 0.612. The number of aliphatic hydroxyl groups excluding tert-OH is 1. The van der Waals surface area contributed by atoms with Crippen LogP contribution in [0.4, 0.5) is 0 Å². The standard InChI is InChI=1S/C19H24ClO4P/c1-3-24-25(22,13-15(2)21)14-17-9-10-19(18(20)11-17)23-12-16-7-5-4-6-8-16/h4-11,15,21H,3,12-14H2,1-2H3/t15-,25?/m1/s1. The number of rotatable bonds is 9. The average Bonchev–Trinajstić information content (AvgIpc) is 2.54. The largest absolute Gasteiger partial charge is 0.487 e. The highest BCUT2D eigenvalue weighted by atomic mass is 35.5. The Morgan fingerprint density at radius 3 is 2.48 bits per heavy atom. The van der Waals surface area contributed by atoms with Crippen LogP contribution in [0.25, 0.3) is 0 Å². The first kappa shape index (κ1) is 20.0. The summed E-state index contributed by atoms with van der Waals surface area (Å²) >= 11 is 6.30. The summed E-state index contributed by atoms with van der Waals surface area (Å²) in [6, 6.07) is 15.2. The topological polar surface area (TPSA) is 55.8 Å². The number of benzene rings is 2. The van der Waals surface area contributed by atoms with Crippen LogP contribution in [0, 0.1) is 0 Å². The van der Waals surface area contributed by atoms with Gasteiger partial charge in [-0.25, -0.2) is 0 Å². The Labute approximate surface area is 154 Å². The van der Waals surface area contributed by atoms with Gasteiger partial charge in [0.2, 0.25) is 7.37 Å². The van der Waals surface area contributed by atoms with Gasteiger partial charge in [0.25, 0.3) is 0 Å². The maximum Gasteiger partial charge on any atom is 0.209 e. The molecule has 2 aromatic rings. The first-order valence-electron chi connectivity index (χ1n) is 8.27. The molecular weight excluding hydrogens is 359 g/mol. The highest BCUT2D eigenvalue weighted by Crippen LogP contribution is 2.51. The Balaban J connectivity index is 2.06. The fourth-order valence-corrected chi connectivity index (χ4v) is 5.19. The number of halogens is 1. The van der Waals surface area contributed by atoms with Gasteiger partial charge in [0, 0.05) is 6.16 Å². The van der Waals surface area contributed by atoms with Crippen LogP contribution in [0.15, 0.2) is 48.5 Å². The molecule has 0 fully saturated rings. The number of hydrogen-bond acceptors (Lipinski definition) is 4. The lowest BCUT2D eigenvalue weighted by atomic mass is 10.2. The van der Waals surface area contributed by atoms with Gasteiger partial charge in [0.15, 0.2) is 0 Å². The van der Waals surface area contributed by atoms with Crippen molar-refractivity contribution in [2.45, 2.75) is 32.7 Å². The van der Waals surface area contributed by atoms with Gasteiger partial charge in [-0.3, -0.25) is 4.57 Å². The lowest BCUT2D eigenvalue weighted by Crippen LogP contribution is -2.10. The normalized spacial score (nSPS) is 14.7. The van der Waals surface area contributed by atoms with E-state index in [2.05, 4.69) is 0 Å². The monoisotopic (exact) mass is 382 g/mol. The Morgan fingerprint density at radius 2 is 1.88 bits per heavy atom. The zero-order valence-electron chi connectivity index (χ0n) is 14.5. The third-order valence-electron chi connectivity index (χ3n) is 3.56. The summed E-state index contributed by atoms with van der Waals surface area (Å²) in [4.78, 5) is 0. The van der Waals surface area contributed by atoms with Crippen molar-refractivity contribution >= 4 is 19.0 Å². The molecular formula is C19H24ClO4P. The van der Waals surface area contributed by atoms with Crippen molar-refractivity contribution in [3.8, 4) is 5.75 Å². The van der Waals surface area contributed by atoms with Crippen LogP contribution in [-0.4, -0.2) is 24.0 Å². The van der Waals surface area contributed by atoms with Gasteiger partial charge in [-0.05, 0) is 37.1 Å². The maximum absolute atomic E-state index is 12.8. The van der Waals surface area contributed by atoms with E-state index in [1.165, 1.54) is 0 Å².